The number of amides is 1. The topological polar surface area (TPSA) is 55.4 Å². The van der Waals surface area contributed by atoms with Crippen molar-refractivity contribution in [2.75, 3.05) is 6.61 Å². The van der Waals surface area contributed by atoms with Gasteiger partial charge in [0.25, 0.3) is 0 Å². The molecule has 0 spiro atoms. The van der Waals surface area contributed by atoms with Crippen LogP contribution in [0.15, 0.2) is 59.5 Å². The Kier molecular flexibility index (Phi) is 5.71. The van der Waals surface area contributed by atoms with E-state index in [4.69, 9.17) is 4.74 Å². The summed E-state index contributed by atoms with van der Waals surface area (Å²) in [5, 5.41) is 2.09. The zero-order valence-corrected chi connectivity index (χ0v) is 14.3. The summed E-state index contributed by atoms with van der Waals surface area (Å²) in [6.45, 7) is 0.131. The van der Waals surface area contributed by atoms with E-state index in [-0.39, 0.29) is 24.4 Å². The number of carbonyl (C=O) groups is 2. The largest absolute Gasteiger partial charge is 0.462 e. The Morgan fingerprint density at radius 1 is 1.20 bits per heavy atom. The fourth-order valence-electron chi connectivity index (χ4n) is 2.61. The van der Waals surface area contributed by atoms with Crippen LogP contribution in [0.1, 0.15) is 23.7 Å². The summed E-state index contributed by atoms with van der Waals surface area (Å²) in [7, 11) is 0. The maximum absolute atomic E-state index is 14.0. The van der Waals surface area contributed by atoms with Gasteiger partial charge in [-0.2, -0.15) is 0 Å². The number of ether oxygens (including phenoxy) is 1. The number of thioether (sulfide) groups is 1. The molecule has 2 unspecified atom stereocenters. The van der Waals surface area contributed by atoms with E-state index in [2.05, 4.69) is 5.32 Å². The number of benzene rings is 2. The van der Waals surface area contributed by atoms with Crippen LogP contribution in [0, 0.1) is 5.82 Å². The number of rotatable bonds is 6. The second kappa shape index (κ2) is 8.16. The van der Waals surface area contributed by atoms with Crippen molar-refractivity contribution in [1.82, 2.24) is 5.32 Å². The highest BCUT2D eigenvalue weighted by Crippen LogP contribution is 2.37. The number of halogens is 1. The zero-order valence-electron chi connectivity index (χ0n) is 13.5. The third kappa shape index (κ3) is 4.60. The average molecular weight is 359 g/mol. The summed E-state index contributed by atoms with van der Waals surface area (Å²) in [6.07, 6.45) is 1.11. The normalized spacial score (nSPS) is 17.8. The van der Waals surface area contributed by atoms with Crippen LogP contribution in [0.25, 0.3) is 0 Å². The fraction of sp³-hybridized carbons (Fsp3) is 0.263. The summed E-state index contributed by atoms with van der Waals surface area (Å²) in [5.74, 6) is -0.841. The maximum atomic E-state index is 14.0. The van der Waals surface area contributed by atoms with Crippen molar-refractivity contribution in [3.05, 3.63) is 66.0 Å². The van der Waals surface area contributed by atoms with Gasteiger partial charge in [0.15, 0.2) is 0 Å². The summed E-state index contributed by atoms with van der Waals surface area (Å²) in [5.41, 5.74) is 0.746. The Labute approximate surface area is 149 Å². The van der Waals surface area contributed by atoms with Crippen LogP contribution in [-0.4, -0.2) is 24.5 Å². The lowest BCUT2D eigenvalue weighted by Gasteiger charge is -2.18. The maximum Gasteiger partial charge on any atom is 0.324 e. The van der Waals surface area contributed by atoms with Gasteiger partial charge in [-0.15, -0.1) is 11.8 Å². The van der Waals surface area contributed by atoms with Gasteiger partial charge in [-0.3, -0.25) is 9.59 Å². The molecule has 3 rings (SSSR count). The summed E-state index contributed by atoms with van der Waals surface area (Å²) < 4.78 is 19.4. The molecule has 1 amide bonds. The zero-order chi connectivity index (χ0) is 17.6. The molecular weight excluding hydrogens is 341 g/mol. The van der Waals surface area contributed by atoms with Crippen LogP contribution in [0.3, 0.4) is 0 Å². The predicted octanol–water partition coefficient (Wildman–Crippen LogP) is 3.48. The molecule has 2 aromatic carbocycles. The molecule has 2 aromatic rings. The molecule has 1 saturated heterocycles. The van der Waals surface area contributed by atoms with Crippen LogP contribution >= 0.6 is 11.8 Å². The van der Waals surface area contributed by atoms with E-state index in [1.807, 2.05) is 30.3 Å². The van der Waals surface area contributed by atoms with E-state index in [0.29, 0.717) is 17.7 Å². The van der Waals surface area contributed by atoms with E-state index < -0.39 is 11.2 Å². The third-order valence-corrected chi connectivity index (χ3v) is 5.19. The number of hydrogen-bond donors (Lipinski definition) is 1. The van der Waals surface area contributed by atoms with Crippen molar-refractivity contribution in [2.24, 2.45) is 0 Å². The first-order chi connectivity index (χ1) is 12.1. The molecule has 4 nitrogen and oxygen atoms in total. The van der Waals surface area contributed by atoms with E-state index in [9.17, 15) is 14.0 Å². The van der Waals surface area contributed by atoms with E-state index in [0.717, 1.165) is 17.3 Å². The molecule has 25 heavy (non-hydrogen) atoms. The highest BCUT2D eigenvalue weighted by Gasteiger charge is 2.27. The third-order valence-electron chi connectivity index (χ3n) is 3.91. The minimum Gasteiger partial charge on any atom is -0.462 e. The van der Waals surface area contributed by atoms with Gasteiger partial charge in [0, 0.05) is 11.3 Å². The molecule has 1 heterocycles. The lowest BCUT2D eigenvalue weighted by molar-refractivity contribution is -0.144. The van der Waals surface area contributed by atoms with Crippen molar-refractivity contribution in [2.45, 2.75) is 29.0 Å². The van der Waals surface area contributed by atoms with Crippen LogP contribution in [0.4, 0.5) is 4.39 Å². The lowest BCUT2D eigenvalue weighted by atomic mass is 10.1. The van der Waals surface area contributed by atoms with E-state index in [1.54, 1.807) is 18.2 Å². The van der Waals surface area contributed by atoms with Crippen LogP contribution < -0.4 is 5.32 Å². The smallest absolute Gasteiger partial charge is 0.324 e. The molecule has 0 radical (unpaired) electrons. The van der Waals surface area contributed by atoms with Crippen LogP contribution in [0.5, 0.6) is 0 Å². The predicted molar refractivity (Wildman–Crippen MR) is 93.6 cm³/mol. The first-order valence-electron chi connectivity index (χ1n) is 8.05. The molecule has 2 atom stereocenters. The number of esters is 1. The number of hydrogen-bond acceptors (Lipinski definition) is 4. The van der Waals surface area contributed by atoms with Gasteiger partial charge in [0.2, 0.25) is 5.91 Å². The minimum absolute atomic E-state index is 0.0265. The van der Waals surface area contributed by atoms with Crippen molar-refractivity contribution in [1.29, 1.82) is 0 Å². The molecule has 0 bridgehead atoms. The Morgan fingerprint density at radius 3 is 2.60 bits per heavy atom. The van der Waals surface area contributed by atoms with Crippen molar-refractivity contribution < 1.29 is 18.7 Å². The monoisotopic (exact) mass is 359 g/mol. The minimum atomic E-state index is -0.671. The fourth-order valence-corrected chi connectivity index (χ4v) is 3.66. The van der Waals surface area contributed by atoms with Gasteiger partial charge < -0.3 is 10.1 Å². The Bertz CT molecular complexity index is 753. The van der Waals surface area contributed by atoms with Gasteiger partial charge in [-0.05, 0) is 24.1 Å². The number of carbonyl (C=O) groups excluding carboxylic acids is 2. The second-order valence-electron chi connectivity index (χ2n) is 5.77. The summed E-state index contributed by atoms with van der Waals surface area (Å²) in [4.78, 5) is 24.2. The van der Waals surface area contributed by atoms with Gasteiger partial charge >= 0.3 is 5.97 Å². The standard InChI is InChI=1S/C19H18FNO3S/c20-15-8-4-5-9-16(15)25-18(13-6-2-1-3-7-13)19(23)24-12-14-10-11-17(22)21-14/h1-9,14,18H,10-12H2,(H,21,22). The van der Waals surface area contributed by atoms with Crippen molar-refractivity contribution >= 4 is 23.6 Å². The molecule has 1 fully saturated rings. The van der Waals surface area contributed by atoms with E-state index in [1.165, 1.54) is 6.07 Å². The SMILES string of the molecule is O=C1CCC(COC(=O)C(Sc2ccccc2F)c2ccccc2)N1. The van der Waals surface area contributed by atoms with Crippen LogP contribution in [0.2, 0.25) is 0 Å². The van der Waals surface area contributed by atoms with Gasteiger partial charge in [-0.25, -0.2) is 4.39 Å². The molecule has 1 N–H and O–H groups in total. The first-order valence-corrected chi connectivity index (χ1v) is 8.93. The van der Waals surface area contributed by atoms with Crippen molar-refractivity contribution in [3.8, 4) is 0 Å². The second-order valence-corrected chi connectivity index (χ2v) is 6.92. The highest BCUT2D eigenvalue weighted by atomic mass is 32.2. The molecule has 0 saturated carbocycles. The summed E-state index contributed by atoms with van der Waals surface area (Å²) in [6, 6.07) is 15.3. The average Bonchev–Trinajstić information content (AvgIpc) is 3.05. The highest BCUT2D eigenvalue weighted by molar-refractivity contribution is 8.00. The Morgan fingerprint density at radius 2 is 1.92 bits per heavy atom. The quantitative estimate of drug-likeness (QED) is 0.634. The first kappa shape index (κ1) is 17.5. The molecule has 0 aliphatic carbocycles. The van der Waals surface area contributed by atoms with Crippen molar-refractivity contribution in [3.63, 3.8) is 0 Å². The summed E-state index contributed by atoms with van der Waals surface area (Å²) >= 11 is 1.12. The Balaban J connectivity index is 1.73. The lowest BCUT2D eigenvalue weighted by Crippen LogP contribution is -2.31. The molecule has 0 aromatic heterocycles. The molecule has 6 heteroatoms. The van der Waals surface area contributed by atoms with Gasteiger partial charge in [0.1, 0.15) is 17.7 Å². The molecule has 130 valence electrons. The molecule has 1 aliphatic rings. The van der Waals surface area contributed by atoms with Gasteiger partial charge in [0.05, 0.1) is 6.04 Å². The van der Waals surface area contributed by atoms with Gasteiger partial charge in [-0.1, -0.05) is 42.5 Å². The number of nitrogens with one attached hydrogen (secondary N) is 1. The molecule has 1 aliphatic heterocycles. The van der Waals surface area contributed by atoms with Crippen LogP contribution in [-0.2, 0) is 14.3 Å². The van der Waals surface area contributed by atoms with E-state index >= 15 is 0 Å². The Hall–Kier alpha value is -2.34. The molecular formula is C19H18FNO3S.